The molecule has 0 bridgehead atoms. The van der Waals surface area contributed by atoms with Gasteiger partial charge in [0.25, 0.3) is 0 Å². The Morgan fingerprint density at radius 1 is 1.35 bits per heavy atom. The van der Waals surface area contributed by atoms with E-state index in [4.69, 9.17) is 10.3 Å². The van der Waals surface area contributed by atoms with Gasteiger partial charge in [0, 0.05) is 5.92 Å². The summed E-state index contributed by atoms with van der Waals surface area (Å²) in [6.45, 7) is 2.17. The highest BCUT2D eigenvalue weighted by atomic mass is 35.5. The molecule has 2 saturated carbocycles. The third kappa shape index (κ3) is 2.33. The Morgan fingerprint density at radius 2 is 2.00 bits per heavy atom. The topological polar surface area (TPSA) is 64.9 Å². The van der Waals surface area contributed by atoms with Gasteiger partial charge in [-0.05, 0) is 31.6 Å². The Balaban J connectivity index is 0.00000108. The molecule has 2 fully saturated rings. The molecule has 2 aliphatic carbocycles. The summed E-state index contributed by atoms with van der Waals surface area (Å²) in [7, 11) is 0. The lowest BCUT2D eigenvalue weighted by molar-refractivity contribution is 0.330. The highest BCUT2D eigenvalue weighted by Crippen LogP contribution is 2.42. The highest BCUT2D eigenvalue weighted by molar-refractivity contribution is 5.85. The van der Waals surface area contributed by atoms with E-state index in [2.05, 4.69) is 17.1 Å². The van der Waals surface area contributed by atoms with E-state index < -0.39 is 0 Å². The fourth-order valence-electron chi connectivity index (χ4n) is 2.65. The first-order valence-corrected chi connectivity index (χ1v) is 6.32. The molecule has 0 spiro atoms. The fraction of sp³-hybridized carbons (Fsp3) is 0.833. The molecule has 3 rings (SSSR count). The van der Waals surface area contributed by atoms with Crippen molar-refractivity contribution < 1.29 is 4.52 Å². The molecule has 5 heteroatoms. The van der Waals surface area contributed by atoms with Crippen molar-refractivity contribution in [2.45, 2.75) is 56.9 Å². The molecule has 0 radical (unpaired) electrons. The first kappa shape index (κ1) is 12.8. The first-order chi connectivity index (χ1) is 7.69. The Labute approximate surface area is 108 Å². The van der Waals surface area contributed by atoms with Crippen LogP contribution < -0.4 is 5.73 Å². The molecule has 2 aliphatic rings. The van der Waals surface area contributed by atoms with Gasteiger partial charge in [0.15, 0.2) is 5.82 Å². The molecule has 0 amide bonds. The minimum atomic E-state index is -0.314. The van der Waals surface area contributed by atoms with Gasteiger partial charge in [-0.1, -0.05) is 24.9 Å². The number of rotatable bonds is 3. The van der Waals surface area contributed by atoms with Crippen molar-refractivity contribution in [3.05, 3.63) is 11.7 Å². The fourth-order valence-corrected chi connectivity index (χ4v) is 2.65. The standard InChI is InChI=1S/C12H19N3O.ClH/c1-8(9-4-5-9)10-14-11(15-16-10)12(13)6-2-3-7-12;/h8-9H,2-7,13H2,1H3;1H. The summed E-state index contributed by atoms with van der Waals surface area (Å²) in [6, 6.07) is 0. The van der Waals surface area contributed by atoms with E-state index in [0.29, 0.717) is 5.92 Å². The molecule has 96 valence electrons. The van der Waals surface area contributed by atoms with Crippen molar-refractivity contribution >= 4 is 12.4 Å². The summed E-state index contributed by atoms with van der Waals surface area (Å²) in [5, 5.41) is 4.09. The zero-order chi connectivity index (χ0) is 11.2. The quantitative estimate of drug-likeness (QED) is 0.904. The van der Waals surface area contributed by atoms with Gasteiger partial charge in [0.1, 0.15) is 0 Å². The number of aromatic nitrogens is 2. The zero-order valence-corrected chi connectivity index (χ0v) is 11.0. The predicted molar refractivity (Wildman–Crippen MR) is 67.0 cm³/mol. The third-order valence-electron chi connectivity index (χ3n) is 4.10. The molecule has 4 nitrogen and oxygen atoms in total. The molecular weight excluding hydrogens is 238 g/mol. The second kappa shape index (κ2) is 4.58. The van der Waals surface area contributed by atoms with E-state index in [1.54, 1.807) is 0 Å². The van der Waals surface area contributed by atoms with Crippen molar-refractivity contribution in [1.82, 2.24) is 10.1 Å². The Hall–Kier alpha value is -0.610. The lowest BCUT2D eigenvalue weighted by Gasteiger charge is -2.17. The monoisotopic (exact) mass is 257 g/mol. The second-order valence-electron chi connectivity index (χ2n) is 5.45. The minimum absolute atomic E-state index is 0. The molecule has 1 aromatic rings. The van der Waals surface area contributed by atoms with E-state index in [1.165, 1.54) is 25.7 Å². The van der Waals surface area contributed by atoms with Crippen LogP contribution in [0.2, 0.25) is 0 Å². The normalized spacial score (nSPS) is 24.4. The summed E-state index contributed by atoms with van der Waals surface area (Å²) >= 11 is 0. The highest BCUT2D eigenvalue weighted by Gasteiger charge is 2.38. The summed E-state index contributed by atoms with van der Waals surface area (Å²) in [5.41, 5.74) is 5.99. The zero-order valence-electron chi connectivity index (χ0n) is 10.2. The molecule has 1 unspecified atom stereocenters. The van der Waals surface area contributed by atoms with E-state index in [9.17, 15) is 0 Å². The molecule has 17 heavy (non-hydrogen) atoms. The van der Waals surface area contributed by atoms with E-state index in [-0.39, 0.29) is 17.9 Å². The van der Waals surface area contributed by atoms with Crippen LogP contribution >= 0.6 is 12.4 Å². The number of nitrogens with two attached hydrogens (primary N) is 1. The van der Waals surface area contributed by atoms with Crippen LogP contribution in [0.5, 0.6) is 0 Å². The van der Waals surface area contributed by atoms with Crippen molar-refractivity contribution in [2.75, 3.05) is 0 Å². The molecular formula is C12H20ClN3O. The minimum Gasteiger partial charge on any atom is -0.339 e. The number of hydrogen-bond donors (Lipinski definition) is 1. The van der Waals surface area contributed by atoms with Crippen LogP contribution in [0.1, 0.15) is 63.1 Å². The van der Waals surface area contributed by atoms with Crippen LogP contribution in [0.3, 0.4) is 0 Å². The second-order valence-corrected chi connectivity index (χ2v) is 5.45. The Bertz CT molecular complexity index is 383. The van der Waals surface area contributed by atoms with Crippen LogP contribution in [-0.2, 0) is 5.54 Å². The number of hydrogen-bond acceptors (Lipinski definition) is 4. The Morgan fingerprint density at radius 3 is 2.59 bits per heavy atom. The molecule has 1 heterocycles. The summed E-state index contributed by atoms with van der Waals surface area (Å²) < 4.78 is 5.36. The number of nitrogens with zero attached hydrogens (tertiary/aromatic N) is 2. The molecule has 0 aromatic carbocycles. The van der Waals surface area contributed by atoms with E-state index >= 15 is 0 Å². The largest absolute Gasteiger partial charge is 0.339 e. The smallest absolute Gasteiger partial charge is 0.229 e. The van der Waals surface area contributed by atoms with Gasteiger partial charge in [0.05, 0.1) is 5.54 Å². The maximum atomic E-state index is 6.30. The van der Waals surface area contributed by atoms with Crippen molar-refractivity contribution in [1.29, 1.82) is 0 Å². The average Bonchev–Trinajstić information content (AvgIpc) is 2.82. The van der Waals surface area contributed by atoms with Crippen molar-refractivity contribution in [3.63, 3.8) is 0 Å². The Kier molecular flexibility index (Phi) is 3.46. The van der Waals surface area contributed by atoms with Crippen LogP contribution in [0.4, 0.5) is 0 Å². The molecule has 2 N–H and O–H groups in total. The van der Waals surface area contributed by atoms with E-state index in [1.807, 2.05) is 0 Å². The molecule has 1 aromatic heterocycles. The molecule has 1 atom stereocenters. The SMILES string of the molecule is CC(c1nc(C2(N)CCCC2)no1)C1CC1.Cl. The summed E-state index contributed by atoms with van der Waals surface area (Å²) in [5.74, 6) is 2.68. The van der Waals surface area contributed by atoms with Gasteiger partial charge >= 0.3 is 0 Å². The summed E-state index contributed by atoms with van der Waals surface area (Å²) in [4.78, 5) is 4.52. The van der Waals surface area contributed by atoms with Gasteiger partial charge < -0.3 is 10.3 Å². The van der Waals surface area contributed by atoms with Crippen LogP contribution in [0, 0.1) is 5.92 Å². The van der Waals surface area contributed by atoms with Gasteiger partial charge in [-0.25, -0.2) is 0 Å². The number of halogens is 1. The summed E-state index contributed by atoms with van der Waals surface area (Å²) in [6.07, 6.45) is 6.93. The third-order valence-corrected chi connectivity index (χ3v) is 4.10. The van der Waals surface area contributed by atoms with Gasteiger partial charge in [-0.15, -0.1) is 12.4 Å². The van der Waals surface area contributed by atoms with Gasteiger partial charge in [-0.3, -0.25) is 0 Å². The van der Waals surface area contributed by atoms with Crippen LogP contribution in [0.25, 0.3) is 0 Å². The van der Waals surface area contributed by atoms with Crippen LogP contribution in [-0.4, -0.2) is 10.1 Å². The maximum Gasteiger partial charge on any atom is 0.229 e. The van der Waals surface area contributed by atoms with E-state index in [0.717, 1.165) is 30.5 Å². The van der Waals surface area contributed by atoms with Crippen molar-refractivity contribution in [2.24, 2.45) is 11.7 Å². The van der Waals surface area contributed by atoms with Gasteiger partial charge in [-0.2, -0.15) is 4.98 Å². The lowest BCUT2D eigenvalue weighted by Crippen LogP contribution is -2.34. The average molecular weight is 258 g/mol. The maximum absolute atomic E-state index is 6.30. The van der Waals surface area contributed by atoms with Crippen molar-refractivity contribution in [3.8, 4) is 0 Å². The van der Waals surface area contributed by atoms with Crippen LogP contribution in [0.15, 0.2) is 4.52 Å². The first-order valence-electron chi connectivity index (χ1n) is 6.32. The molecule has 0 aliphatic heterocycles. The molecule has 0 saturated heterocycles. The van der Waals surface area contributed by atoms with Gasteiger partial charge in [0.2, 0.25) is 5.89 Å². The predicted octanol–water partition coefficient (Wildman–Crippen LogP) is 2.73. The lowest BCUT2D eigenvalue weighted by atomic mass is 9.98.